The number of carbonyl (C=O) groups excluding carboxylic acids is 1. The lowest BCUT2D eigenvalue weighted by Gasteiger charge is -2.22. The first-order valence-electron chi connectivity index (χ1n) is 5.52. The first-order chi connectivity index (χ1) is 8.34. The van der Waals surface area contributed by atoms with Crippen molar-refractivity contribution >= 4 is 11.8 Å². The normalized spacial score (nSPS) is 13.8. The second-order valence-corrected chi connectivity index (χ2v) is 4.33. The molecule has 100 valence electrons. The van der Waals surface area contributed by atoms with Crippen LogP contribution in [-0.4, -0.2) is 18.2 Å². The van der Waals surface area contributed by atoms with E-state index in [0.717, 1.165) is 12.1 Å². The van der Waals surface area contributed by atoms with Gasteiger partial charge in [-0.05, 0) is 25.5 Å². The molecule has 1 rings (SSSR count). The van der Waals surface area contributed by atoms with Gasteiger partial charge >= 0.3 is 6.09 Å². The van der Waals surface area contributed by atoms with Crippen LogP contribution in [0.4, 0.5) is 19.3 Å². The number of carbonyl (C=O) groups is 1. The molecule has 0 saturated carbocycles. The molecule has 18 heavy (non-hydrogen) atoms. The third-order valence-electron chi connectivity index (χ3n) is 2.51. The average Bonchev–Trinajstić information content (AvgIpc) is 2.30. The van der Waals surface area contributed by atoms with Gasteiger partial charge in [-0.1, -0.05) is 6.92 Å². The van der Waals surface area contributed by atoms with Crippen molar-refractivity contribution in [3.05, 3.63) is 29.8 Å². The monoisotopic (exact) mass is 258 g/mol. The van der Waals surface area contributed by atoms with Gasteiger partial charge in [0.1, 0.15) is 18.2 Å². The van der Waals surface area contributed by atoms with E-state index in [0.29, 0.717) is 12.5 Å². The molecule has 3 N–H and O–H groups in total. The predicted octanol–water partition coefficient (Wildman–Crippen LogP) is 2.64. The van der Waals surface area contributed by atoms with Crippen molar-refractivity contribution in [2.24, 2.45) is 5.73 Å². The number of amides is 1. The van der Waals surface area contributed by atoms with Gasteiger partial charge in [0, 0.05) is 11.6 Å². The van der Waals surface area contributed by atoms with Gasteiger partial charge in [-0.3, -0.25) is 5.32 Å². The first kappa shape index (κ1) is 14.4. The zero-order valence-electron chi connectivity index (χ0n) is 10.3. The lowest BCUT2D eigenvalue weighted by atomic mass is 10.0. The first-order valence-corrected chi connectivity index (χ1v) is 5.52. The number of halogens is 2. The van der Waals surface area contributed by atoms with E-state index >= 15 is 0 Å². The lowest BCUT2D eigenvalue weighted by molar-refractivity contribution is 0.132. The van der Waals surface area contributed by atoms with Crippen molar-refractivity contribution in [1.82, 2.24) is 0 Å². The van der Waals surface area contributed by atoms with Crippen molar-refractivity contribution in [3.8, 4) is 0 Å². The van der Waals surface area contributed by atoms with Gasteiger partial charge in [0.25, 0.3) is 0 Å². The molecular weight excluding hydrogens is 242 g/mol. The standard InChI is InChI=1S/C12H16F2N2O2/c1-3-12(2,15)7-18-11(17)16-10-5-4-8(13)6-9(10)14/h4-6H,3,7,15H2,1-2H3,(H,16,17). The number of anilines is 1. The third kappa shape index (κ3) is 4.29. The van der Waals surface area contributed by atoms with E-state index in [1.165, 1.54) is 0 Å². The number of ether oxygens (including phenoxy) is 1. The van der Waals surface area contributed by atoms with Gasteiger partial charge in [-0.2, -0.15) is 0 Å². The van der Waals surface area contributed by atoms with Gasteiger partial charge in [-0.15, -0.1) is 0 Å². The summed E-state index contributed by atoms with van der Waals surface area (Å²) in [4.78, 5) is 11.4. The zero-order valence-corrected chi connectivity index (χ0v) is 10.3. The van der Waals surface area contributed by atoms with Crippen molar-refractivity contribution in [3.63, 3.8) is 0 Å². The van der Waals surface area contributed by atoms with Crippen LogP contribution in [0.15, 0.2) is 18.2 Å². The van der Waals surface area contributed by atoms with E-state index < -0.39 is 23.3 Å². The fourth-order valence-corrected chi connectivity index (χ4v) is 1.07. The van der Waals surface area contributed by atoms with Gasteiger partial charge in [0.2, 0.25) is 0 Å². The Morgan fingerprint density at radius 3 is 2.72 bits per heavy atom. The SMILES string of the molecule is CCC(C)(N)COC(=O)Nc1ccc(F)cc1F. The maximum atomic E-state index is 13.2. The molecule has 0 spiro atoms. The maximum absolute atomic E-state index is 13.2. The van der Waals surface area contributed by atoms with Crippen LogP contribution in [0.1, 0.15) is 20.3 Å². The van der Waals surface area contributed by atoms with Gasteiger partial charge in [-0.25, -0.2) is 13.6 Å². The summed E-state index contributed by atoms with van der Waals surface area (Å²) in [6.45, 7) is 3.61. The molecule has 1 atom stereocenters. The topological polar surface area (TPSA) is 64.3 Å². The molecule has 1 amide bonds. The van der Waals surface area contributed by atoms with Crippen LogP contribution >= 0.6 is 0 Å². The average molecular weight is 258 g/mol. The summed E-state index contributed by atoms with van der Waals surface area (Å²) in [5.41, 5.74) is 5.01. The number of benzene rings is 1. The Balaban J connectivity index is 2.55. The van der Waals surface area contributed by atoms with Crippen molar-refractivity contribution in [1.29, 1.82) is 0 Å². The van der Waals surface area contributed by atoms with Gasteiger partial charge in [0.05, 0.1) is 5.69 Å². The van der Waals surface area contributed by atoms with E-state index in [9.17, 15) is 13.6 Å². The number of hydrogen-bond donors (Lipinski definition) is 2. The van der Waals surface area contributed by atoms with Crippen LogP contribution in [0.3, 0.4) is 0 Å². The minimum atomic E-state index is -0.863. The molecule has 0 bridgehead atoms. The molecule has 1 aromatic rings. The lowest BCUT2D eigenvalue weighted by Crippen LogP contribution is -2.41. The largest absolute Gasteiger partial charge is 0.447 e. The van der Waals surface area contributed by atoms with E-state index in [4.69, 9.17) is 10.5 Å². The fourth-order valence-electron chi connectivity index (χ4n) is 1.07. The number of nitrogens with one attached hydrogen (secondary N) is 1. The van der Waals surface area contributed by atoms with E-state index in [2.05, 4.69) is 5.32 Å². The van der Waals surface area contributed by atoms with Crippen molar-refractivity contribution < 1.29 is 18.3 Å². The highest BCUT2D eigenvalue weighted by Gasteiger charge is 2.18. The number of nitrogens with two attached hydrogens (primary N) is 1. The molecular formula is C12H16F2N2O2. The van der Waals surface area contributed by atoms with Crippen LogP contribution in [0.2, 0.25) is 0 Å². The Kier molecular flexibility index (Phi) is 4.61. The molecule has 6 heteroatoms. The molecule has 0 aliphatic carbocycles. The van der Waals surface area contributed by atoms with Gasteiger partial charge < -0.3 is 10.5 Å². The minimum absolute atomic E-state index is 0.0121. The molecule has 1 unspecified atom stereocenters. The molecule has 0 saturated heterocycles. The Morgan fingerprint density at radius 1 is 1.50 bits per heavy atom. The summed E-state index contributed by atoms with van der Waals surface area (Å²) >= 11 is 0. The molecule has 0 aliphatic rings. The Labute approximate surface area is 104 Å². The van der Waals surface area contributed by atoms with Crippen LogP contribution in [0.25, 0.3) is 0 Å². The zero-order chi connectivity index (χ0) is 13.8. The summed E-state index contributed by atoms with van der Waals surface area (Å²) in [6, 6.07) is 2.83. The quantitative estimate of drug-likeness (QED) is 0.872. The number of rotatable bonds is 4. The van der Waals surface area contributed by atoms with Crippen LogP contribution in [0, 0.1) is 11.6 Å². The third-order valence-corrected chi connectivity index (χ3v) is 2.51. The molecule has 0 heterocycles. The second-order valence-electron chi connectivity index (χ2n) is 4.33. The van der Waals surface area contributed by atoms with E-state index in [-0.39, 0.29) is 12.3 Å². The van der Waals surface area contributed by atoms with E-state index in [1.54, 1.807) is 6.92 Å². The van der Waals surface area contributed by atoms with Gasteiger partial charge in [0.15, 0.2) is 0 Å². The van der Waals surface area contributed by atoms with Crippen LogP contribution < -0.4 is 11.1 Å². The highest BCUT2D eigenvalue weighted by molar-refractivity contribution is 5.84. The summed E-state index contributed by atoms with van der Waals surface area (Å²) in [6.07, 6.45) is -0.198. The molecule has 0 aromatic heterocycles. The molecule has 0 radical (unpaired) electrons. The Morgan fingerprint density at radius 2 is 2.17 bits per heavy atom. The molecule has 1 aromatic carbocycles. The predicted molar refractivity (Wildman–Crippen MR) is 64.2 cm³/mol. The maximum Gasteiger partial charge on any atom is 0.411 e. The van der Waals surface area contributed by atoms with E-state index in [1.807, 2.05) is 6.92 Å². The molecule has 0 aliphatic heterocycles. The highest BCUT2D eigenvalue weighted by Crippen LogP contribution is 2.15. The molecule has 4 nitrogen and oxygen atoms in total. The summed E-state index contributed by atoms with van der Waals surface area (Å²) in [5.74, 6) is -1.58. The smallest absolute Gasteiger partial charge is 0.411 e. The summed E-state index contributed by atoms with van der Waals surface area (Å²) in [7, 11) is 0. The van der Waals surface area contributed by atoms with Crippen LogP contribution in [-0.2, 0) is 4.74 Å². The number of hydrogen-bond acceptors (Lipinski definition) is 3. The Hall–Kier alpha value is -1.69. The minimum Gasteiger partial charge on any atom is -0.447 e. The fraction of sp³-hybridized carbons (Fsp3) is 0.417. The molecule has 0 fully saturated rings. The van der Waals surface area contributed by atoms with Crippen LogP contribution in [0.5, 0.6) is 0 Å². The van der Waals surface area contributed by atoms with Crippen molar-refractivity contribution in [2.45, 2.75) is 25.8 Å². The van der Waals surface area contributed by atoms with Crippen molar-refractivity contribution in [2.75, 3.05) is 11.9 Å². The summed E-state index contributed by atoms with van der Waals surface area (Å²) in [5, 5.41) is 2.18. The second kappa shape index (κ2) is 5.77. The highest BCUT2D eigenvalue weighted by atomic mass is 19.1. The summed E-state index contributed by atoms with van der Waals surface area (Å²) < 4.78 is 30.7. The Bertz CT molecular complexity index is 436.